The van der Waals surface area contributed by atoms with Crippen LogP contribution < -0.4 is 0 Å². The second-order valence-corrected chi connectivity index (χ2v) is 5.31. The topological polar surface area (TPSA) is 23.8 Å². The van der Waals surface area contributed by atoms with Gasteiger partial charge in [0.15, 0.2) is 0 Å². The molecule has 104 valence electrons. The zero-order chi connectivity index (χ0) is 15.4. The van der Waals surface area contributed by atoms with Crippen LogP contribution in [0, 0.1) is 11.3 Å². The van der Waals surface area contributed by atoms with Gasteiger partial charge in [0.1, 0.15) is 6.07 Å². The van der Waals surface area contributed by atoms with Crippen LogP contribution in [0.4, 0.5) is 0 Å². The quantitative estimate of drug-likeness (QED) is 0.523. The predicted octanol–water partition coefficient (Wildman–Crippen LogP) is 5.66. The Kier molecular flexibility index (Phi) is 4.40. The third-order valence-corrected chi connectivity index (χ3v) is 3.60. The molecule has 1 heteroatoms. The molecule has 2 rings (SSSR count). The lowest BCUT2D eigenvalue weighted by molar-refractivity contribution is 1.35. The molecule has 0 bridgehead atoms. The molecule has 0 aliphatic carbocycles. The molecule has 0 aromatic heterocycles. The highest BCUT2D eigenvalue weighted by Gasteiger charge is 2.12. The van der Waals surface area contributed by atoms with Crippen molar-refractivity contribution in [1.82, 2.24) is 0 Å². The molecule has 0 radical (unpaired) electrons. The SMILES string of the molecule is C=C/C(C)=C(/C#N)C(=C(C)C)c1ccc2ccccc2c1. The van der Waals surface area contributed by atoms with Gasteiger partial charge in [0.25, 0.3) is 0 Å². The molecule has 0 saturated carbocycles. The first-order chi connectivity index (χ1) is 10.1. The zero-order valence-corrected chi connectivity index (χ0v) is 12.8. The summed E-state index contributed by atoms with van der Waals surface area (Å²) in [4.78, 5) is 0. The molecule has 0 unspecified atom stereocenters. The summed E-state index contributed by atoms with van der Waals surface area (Å²) in [6.07, 6.45) is 1.74. The third kappa shape index (κ3) is 2.95. The molecule has 2 aromatic rings. The zero-order valence-electron chi connectivity index (χ0n) is 12.8. The molecule has 0 saturated heterocycles. The van der Waals surface area contributed by atoms with Gasteiger partial charge in [0.2, 0.25) is 0 Å². The van der Waals surface area contributed by atoms with Crippen LogP contribution in [-0.4, -0.2) is 0 Å². The summed E-state index contributed by atoms with van der Waals surface area (Å²) in [6, 6.07) is 16.9. The van der Waals surface area contributed by atoms with Crippen molar-refractivity contribution in [2.75, 3.05) is 0 Å². The van der Waals surface area contributed by atoms with Crippen LogP contribution in [0.2, 0.25) is 0 Å². The fourth-order valence-corrected chi connectivity index (χ4v) is 2.47. The minimum Gasteiger partial charge on any atom is -0.192 e. The van der Waals surface area contributed by atoms with Crippen molar-refractivity contribution in [3.63, 3.8) is 0 Å². The van der Waals surface area contributed by atoms with Crippen LogP contribution >= 0.6 is 0 Å². The number of allylic oxidation sites excluding steroid dienone is 5. The first-order valence-electron chi connectivity index (χ1n) is 6.99. The summed E-state index contributed by atoms with van der Waals surface area (Å²) in [7, 11) is 0. The number of nitriles is 1. The molecular weight excluding hydrogens is 254 g/mol. The molecular formula is C20H19N. The molecule has 0 spiro atoms. The number of hydrogen-bond acceptors (Lipinski definition) is 1. The van der Waals surface area contributed by atoms with Crippen LogP contribution in [0.1, 0.15) is 26.3 Å². The van der Waals surface area contributed by atoms with Crippen LogP contribution in [-0.2, 0) is 0 Å². The molecule has 0 amide bonds. The van der Waals surface area contributed by atoms with Gasteiger partial charge in [0.05, 0.1) is 5.57 Å². The van der Waals surface area contributed by atoms with E-state index in [0.29, 0.717) is 5.57 Å². The van der Waals surface area contributed by atoms with E-state index < -0.39 is 0 Å². The van der Waals surface area contributed by atoms with E-state index in [1.54, 1.807) is 6.08 Å². The van der Waals surface area contributed by atoms with Crippen molar-refractivity contribution in [2.45, 2.75) is 20.8 Å². The predicted molar refractivity (Wildman–Crippen MR) is 90.7 cm³/mol. The number of benzene rings is 2. The van der Waals surface area contributed by atoms with Crippen molar-refractivity contribution in [2.24, 2.45) is 0 Å². The average Bonchev–Trinajstić information content (AvgIpc) is 2.50. The highest BCUT2D eigenvalue weighted by atomic mass is 14.3. The maximum Gasteiger partial charge on any atom is 0.100 e. The number of rotatable bonds is 3. The summed E-state index contributed by atoms with van der Waals surface area (Å²) in [5.74, 6) is 0. The van der Waals surface area contributed by atoms with Crippen molar-refractivity contribution >= 4 is 16.3 Å². The van der Waals surface area contributed by atoms with Gasteiger partial charge in [-0.05, 0) is 54.3 Å². The largest absolute Gasteiger partial charge is 0.192 e. The van der Waals surface area contributed by atoms with Crippen LogP contribution in [0.15, 0.2) is 71.8 Å². The Balaban J connectivity index is 2.71. The molecule has 0 heterocycles. The van der Waals surface area contributed by atoms with Crippen LogP contribution in [0.5, 0.6) is 0 Å². The highest BCUT2D eigenvalue weighted by molar-refractivity contribution is 5.92. The van der Waals surface area contributed by atoms with Gasteiger partial charge in [0, 0.05) is 0 Å². The molecule has 0 atom stereocenters. The minimum atomic E-state index is 0.695. The first kappa shape index (κ1) is 14.8. The van der Waals surface area contributed by atoms with E-state index in [2.05, 4.69) is 43.0 Å². The summed E-state index contributed by atoms with van der Waals surface area (Å²) >= 11 is 0. The second kappa shape index (κ2) is 6.24. The standard InChI is InChI=1S/C20H19N/c1-5-15(4)19(13-21)20(14(2)3)18-11-10-16-8-6-7-9-17(16)12-18/h5-12H,1H2,2-4H3/b19-15-. The monoisotopic (exact) mass is 273 g/mol. The highest BCUT2D eigenvalue weighted by Crippen LogP contribution is 2.31. The molecule has 2 aromatic carbocycles. The number of fused-ring (bicyclic) bond motifs is 1. The molecule has 0 fully saturated rings. The summed E-state index contributed by atoms with van der Waals surface area (Å²) in [5.41, 5.74) is 4.80. The van der Waals surface area contributed by atoms with E-state index in [4.69, 9.17) is 0 Å². The minimum absolute atomic E-state index is 0.695. The maximum atomic E-state index is 9.53. The van der Waals surface area contributed by atoms with Crippen molar-refractivity contribution in [3.8, 4) is 6.07 Å². The van der Waals surface area contributed by atoms with Crippen LogP contribution in [0.3, 0.4) is 0 Å². The Hall–Kier alpha value is -2.59. The maximum absolute atomic E-state index is 9.53. The normalized spacial score (nSPS) is 11.5. The Morgan fingerprint density at radius 1 is 1.05 bits per heavy atom. The molecule has 0 aliphatic heterocycles. The average molecular weight is 273 g/mol. The lowest BCUT2D eigenvalue weighted by atomic mass is 9.90. The summed E-state index contributed by atoms with van der Waals surface area (Å²) in [5, 5.41) is 11.9. The van der Waals surface area contributed by atoms with Gasteiger partial charge in [-0.15, -0.1) is 0 Å². The van der Waals surface area contributed by atoms with Gasteiger partial charge in [-0.1, -0.05) is 54.6 Å². The molecule has 0 aliphatic rings. The smallest absolute Gasteiger partial charge is 0.100 e. The fourth-order valence-electron chi connectivity index (χ4n) is 2.47. The lowest BCUT2D eigenvalue weighted by Gasteiger charge is -2.12. The van der Waals surface area contributed by atoms with Gasteiger partial charge in [-0.2, -0.15) is 5.26 Å². The van der Waals surface area contributed by atoms with Crippen molar-refractivity contribution in [3.05, 3.63) is 77.4 Å². The fraction of sp³-hybridized carbons (Fsp3) is 0.150. The van der Waals surface area contributed by atoms with E-state index in [1.807, 2.05) is 32.9 Å². The van der Waals surface area contributed by atoms with Gasteiger partial charge >= 0.3 is 0 Å². The van der Waals surface area contributed by atoms with E-state index in [0.717, 1.165) is 22.3 Å². The molecule has 21 heavy (non-hydrogen) atoms. The Morgan fingerprint density at radius 3 is 2.29 bits per heavy atom. The van der Waals surface area contributed by atoms with Crippen LogP contribution in [0.25, 0.3) is 16.3 Å². The lowest BCUT2D eigenvalue weighted by Crippen LogP contribution is -1.94. The van der Waals surface area contributed by atoms with Crippen molar-refractivity contribution < 1.29 is 0 Å². The number of hydrogen-bond donors (Lipinski definition) is 0. The number of nitrogens with zero attached hydrogens (tertiary/aromatic N) is 1. The van der Waals surface area contributed by atoms with Gasteiger partial charge < -0.3 is 0 Å². The summed E-state index contributed by atoms with van der Waals surface area (Å²) in [6.45, 7) is 9.79. The summed E-state index contributed by atoms with van der Waals surface area (Å²) < 4.78 is 0. The Morgan fingerprint density at radius 2 is 1.71 bits per heavy atom. The van der Waals surface area contributed by atoms with Gasteiger partial charge in [-0.3, -0.25) is 0 Å². The van der Waals surface area contributed by atoms with E-state index in [1.165, 1.54) is 10.8 Å². The van der Waals surface area contributed by atoms with E-state index in [-0.39, 0.29) is 0 Å². The van der Waals surface area contributed by atoms with E-state index in [9.17, 15) is 5.26 Å². The van der Waals surface area contributed by atoms with Gasteiger partial charge in [-0.25, -0.2) is 0 Å². The Bertz CT molecular complexity index is 794. The Labute approximate surface area is 126 Å². The molecule has 1 nitrogen and oxygen atoms in total. The van der Waals surface area contributed by atoms with Crippen molar-refractivity contribution in [1.29, 1.82) is 5.26 Å². The second-order valence-electron chi connectivity index (χ2n) is 5.31. The first-order valence-corrected chi connectivity index (χ1v) is 6.99. The molecule has 0 N–H and O–H groups in total. The van der Waals surface area contributed by atoms with E-state index >= 15 is 0 Å². The third-order valence-electron chi connectivity index (χ3n) is 3.60.